The summed E-state index contributed by atoms with van der Waals surface area (Å²) in [6, 6.07) is 7.14. The highest BCUT2D eigenvalue weighted by Crippen LogP contribution is 2.18. The lowest BCUT2D eigenvalue weighted by Gasteiger charge is -2.09. The van der Waals surface area contributed by atoms with E-state index < -0.39 is 0 Å². The zero-order valence-corrected chi connectivity index (χ0v) is 9.27. The smallest absolute Gasteiger partial charge is 0.207 e. The minimum absolute atomic E-state index is 0.0695. The molecule has 0 fully saturated rings. The Balaban J connectivity index is 2.72. The SMILES string of the molecule is CC(C)Oc1ccc(N=C(N)NC#N)cc1. The predicted molar refractivity (Wildman–Crippen MR) is 62.2 cm³/mol. The molecule has 0 radical (unpaired) electrons. The number of nitriles is 1. The van der Waals surface area contributed by atoms with Gasteiger partial charge in [-0.2, -0.15) is 5.26 Å². The van der Waals surface area contributed by atoms with Crippen molar-refractivity contribution in [2.75, 3.05) is 0 Å². The lowest BCUT2D eigenvalue weighted by molar-refractivity contribution is 0.242. The summed E-state index contributed by atoms with van der Waals surface area (Å²) in [6.45, 7) is 3.92. The third-order valence-corrected chi connectivity index (χ3v) is 1.64. The van der Waals surface area contributed by atoms with Gasteiger partial charge < -0.3 is 10.5 Å². The van der Waals surface area contributed by atoms with Crippen molar-refractivity contribution < 1.29 is 4.74 Å². The second-order valence-corrected chi connectivity index (χ2v) is 3.39. The van der Waals surface area contributed by atoms with Gasteiger partial charge in [-0.25, -0.2) is 4.99 Å². The Hall–Kier alpha value is -2.22. The molecule has 1 aromatic rings. The number of ether oxygens (including phenoxy) is 1. The fourth-order valence-corrected chi connectivity index (χ4v) is 1.10. The summed E-state index contributed by atoms with van der Waals surface area (Å²) in [5, 5.41) is 10.6. The van der Waals surface area contributed by atoms with Crippen molar-refractivity contribution in [2.45, 2.75) is 20.0 Å². The second kappa shape index (κ2) is 5.61. The number of benzene rings is 1. The standard InChI is InChI=1S/C11H14N4O/c1-8(2)16-10-5-3-9(4-6-10)15-11(13)14-7-12/h3-6,8H,1-2H3,(H3,13,14,15). The molecule has 1 rings (SSSR count). The molecule has 5 heteroatoms. The molecule has 1 aromatic carbocycles. The maximum atomic E-state index is 8.32. The van der Waals surface area contributed by atoms with Gasteiger partial charge in [-0.3, -0.25) is 5.32 Å². The van der Waals surface area contributed by atoms with Crippen LogP contribution in [0.3, 0.4) is 0 Å². The summed E-state index contributed by atoms with van der Waals surface area (Å²) < 4.78 is 5.47. The molecule has 0 aliphatic carbocycles. The predicted octanol–water partition coefficient (Wildman–Crippen LogP) is 1.49. The van der Waals surface area contributed by atoms with Gasteiger partial charge in [-0.05, 0) is 38.1 Å². The van der Waals surface area contributed by atoms with Crippen LogP contribution >= 0.6 is 0 Å². The summed E-state index contributed by atoms with van der Waals surface area (Å²) in [7, 11) is 0. The molecule has 3 N–H and O–H groups in total. The summed E-state index contributed by atoms with van der Waals surface area (Å²) in [5.41, 5.74) is 6.08. The van der Waals surface area contributed by atoms with E-state index in [1.165, 1.54) is 0 Å². The van der Waals surface area contributed by atoms with Crippen LogP contribution in [0.5, 0.6) is 5.75 Å². The summed E-state index contributed by atoms with van der Waals surface area (Å²) >= 11 is 0. The molecule has 0 amide bonds. The molecule has 16 heavy (non-hydrogen) atoms. The number of hydrogen-bond acceptors (Lipinski definition) is 3. The van der Waals surface area contributed by atoms with E-state index in [0.717, 1.165) is 5.75 Å². The van der Waals surface area contributed by atoms with Gasteiger partial charge in [0.15, 0.2) is 6.19 Å². The van der Waals surface area contributed by atoms with Gasteiger partial charge in [0.25, 0.3) is 0 Å². The summed E-state index contributed by atoms with van der Waals surface area (Å²) in [4.78, 5) is 3.97. The van der Waals surface area contributed by atoms with E-state index >= 15 is 0 Å². The summed E-state index contributed by atoms with van der Waals surface area (Å²) in [5.74, 6) is 0.848. The molecule has 84 valence electrons. The fraction of sp³-hybridized carbons (Fsp3) is 0.273. The van der Waals surface area contributed by atoms with Crippen molar-refractivity contribution in [3.05, 3.63) is 24.3 Å². The highest BCUT2D eigenvalue weighted by Gasteiger charge is 1.97. The molecule has 0 aromatic heterocycles. The van der Waals surface area contributed by atoms with Gasteiger partial charge in [0.2, 0.25) is 5.96 Å². The molecule has 0 aliphatic rings. The molecule has 0 bridgehead atoms. The fourth-order valence-electron chi connectivity index (χ4n) is 1.10. The van der Waals surface area contributed by atoms with Crippen molar-refractivity contribution in [2.24, 2.45) is 10.7 Å². The first-order chi connectivity index (χ1) is 7.61. The number of nitrogens with zero attached hydrogens (tertiary/aromatic N) is 2. The normalized spacial score (nSPS) is 11.0. The number of nitrogens with one attached hydrogen (secondary N) is 1. The highest BCUT2D eigenvalue weighted by atomic mass is 16.5. The van der Waals surface area contributed by atoms with Crippen LogP contribution in [0, 0.1) is 11.5 Å². The van der Waals surface area contributed by atoms with Gasteiger partial charge in [0.05, 0.1) is 11.8 Å². The van der Waals surface area contributed by atoms with Gasteiger partial charge in [0.1, 0.15) is 5.75 Å². The molecule has 5 nitrogen and oxygen atoms in total. The molecule has 0 aliphatic heterocycles. The van der Waals surface area contributed by atoms with Crippen LogP contribution in [-0.4, -0.2) is 12.1 Å². The summed E-state index contributed by atoms with van der Waals surface area (Å²) in [6.07, 6.45) is 1.83. The number of aliphatic imine (C=N–C) groups is 1. The van der Waals surface area contributed by atoms with E-state index in [9.17, 15) is 0 Å². The Morgan fingerprint density at radius 1 is 1.44 bits per heavy atom. The Kier molecular flexibility index (Phi) is 4.16. The van der Waals surface area contributed by atoms with Crippen molar-refractivity contribution in [3.63, 3.8) is 0 Å². The van der Waals surface area contributed by atoms with E-state index in [1.807, 2.05) is 13.8 Å². The minimum atomic E-state index is 0.0695. The molecular formula is C11H14N4O. The van der Waals surface area contributed by atoms with Crippen LogP contribution in [-0.2, 0) is 0 Å². The molecular weight excluding hydrogens is 204 g/mol. The monoisotopic (exact) mass is 218 g/mol. The average molecular weight is 218 g/mol. The molecule has 0 atom stereocenters. The molecule has 0 spiro atoms. The number of hydrogen-bond donors (Lipinski definition) is 2. The largest absolute Gasteiger partial charge is 0.491 e. The van der Waals surface area contributed by atoms with Gasteiger partial charge >= 0.3 is 0 Å². The maximum absolute atomic E-state index is 8.32. The molecule has 0 saturated carbocycles. The van der Waals surface area contributed by atoms with E-state index in [1.54, 1.807) is 30.5 Å². The van der Waals surface area contributed by atoms with Crippen LogP contribution in [0.2, 0.25) is 0 Å². The van der Waals surface area contributed by atoms with Crippen LogP contribution in [0.15, 0.2) is 29.3 Å². The molecule has 0 unspecified atom stereocenters. The Morgan fingerprint density at radius 3 is 2.56 bits per heavy atom. The second-order valence-electron chi connectivity index (χ2n) is 3.39. The number of rotatable bonds is 3. The van der Waals surface area contributed by atoms with Crippen molar-refractivity contribution in [3.8, 4) is 11.9 Å². The zero-order chi connectivity index (χ0) is 12.0. The quantitative estimate of drug-likeness (QED) is 0.348. The van der Waals surface area contributed by atoms with Gasteiger partial charge in [-0.15, -0.1) is 0 Å². The van der Waals surface area contributed by atoms with E-state index in [0.29, 0.717) is 5.69 Å². The van der Waals surface area contributed by atoms with E-state index in [4.69, 9.17) is 15.7 Å². The van der Waals surface area contributed by atoms with Gasteiger partial charge in [0, 0.05) is 0 Å². The van der Waals surface area contributed by atoms with E-state index in [-0.39, 0.29) is 12.1 Å². The molecule has 0 saturated heterocycles. The Labute approximate surface area is 94.5 Å². The number of guanidine groups is 1. The van der Waals surface area contributed by atoms with Gasteiger partial charge in [-0.1, -0.05) is 0 Å². The molecule has 0 heterocycles. The maximum Gasteiger partial charge on any atom is 0.207 e. The van der Waals surface area contributed by atoms with Crippen molar-refractivity contribution in [1.82, 2.24) is 5.32 Å². The van der Waals surface area contributed by atoms with E-state index in [2.05, 4.69) is 10.3 Å². The third-order valence-electron chi connectivity index (χ3n) is 1.64. The van der Waals surface area contributed by atoms with Crippen molar-refractivity contribution in [1.29, 1.82) is 5.26 Å². The van der Waals surface area contributed by atoms with Crippen LogP contribution in [0.1, 0.15) is 13.8 Å². The average Bonchev–Trinajstić information content (AvgIpc) is 2.20. The van der Waals surface area contributed by atoms with Crippen LogP contribution < -0.4 is 15.8 Å². The zero-order valence-electron chi connectivity index (χ0n) is 9.27. The first kappa shape index (κ1) is 11.9. The first-order valence-corrected chi connectivity index (χ1v) is 4.88. The Bertz CT molecular complexity index is 403. The lowest BCUT2D eigenvalue weighted by atomic mass is 10.3. The van der Waals surface area contributed by atoms with Crippen LogP contribution in [0.25, 0.3) is 0 Å². The first-order valence-electron chi connectivity index (χ1n) is 4.88. The minimum Gasteiger partial charge on any atom is -0.491 e. The van der Waals surface area contributed by atoms with Crippen molar-refractivity contribution >= 4 is 11.6 Å². The van der Waals surface area contributed by atoms with Crippen LogP contribution in [0.4, 0.5) is 5.69 Å². The third kappa shape index (κ3) is 3.88. The number of nitrogens with two attached hydrogens (primary N) is 1. The topological polar surface area (TPSA) is 83.4 Å². The highest BCUT2D eigenvalue weighted by molar-refractivity contribution is 5.82. The Morgan fingerprint density at radius 2 is 2.06 bits per heavy atom. The lowest BCUT2D eigenvalue weighted by Crippen LogP contribution is -2.26.